The van der Waals surface area contributed by atoms with Gasteiger partial charge in [-0.1, -0.05) is 18.2 Å². The number of sulfonamides is 1. The first-order valence-corrected chi connectivity index (χ1v) is 9.56. The van der Waals surface area contributed by atoms with Crippen LogP contribution in [-0.2, 0) is 26.4 Å². The van der Waals surface area contributed by atoms with E-state index in [0.717, 1.165) is 0 Å². The van der Waals surface area contributed by atoms with Crippen LogP contribution in [0.25, 0.3) is 0 Å². The summed E-state index contributed by atoms with van der Waals surface area (Å²) in [5.41, 5.74) is 6.03. The molecule has 1 unspecified atom stereocenters. The van der Waals surface area contributed by atoms with Crippen LogP contribution in [0.2, 0.25) is 0 Å². The van der Waals surface area contributed by atoms with Gasteiger partial charge in [-0.05, 0) is 24.5 Å². The molecule has 20 heavy (non-hydrogen) atoms. The molecule has 0 aromatic heterocycles. The molecule has 2 rings (SSSR count). The van der Waals surface area contributed by atoms with E-state index in [9.17, 15) is 16.8 Å². The lowest BCUT2D eigenvalue weighted by Gasteiger charge is -2.13. The summed E-state index contributed by atoms with van der Waals surface area (Å²) in [6.45, 7) is 0.0301. The average molecular weight is 318 g/mol. The molecule has 8 heteroatoms. The molecule has 1 fully saturated rings. The second-order valence-electron chi connectivity index (χ2n) is 4.79. The van der Waals surface area contributed by atoms with Gasteiger partial charge in [-0.3, -0.25) is 0 Å². The van der Waals surface area contributed by atoms with E-state index < -0.39 is 25.1 Å². The molecule has 1 aliphatic heterocycles. The van der Waals surface area contributed by atoms with Crippen LogP contribution in [-0.4, -0.2) is 34.4 Å². The molecule has 0 radical (unpaired) electrons. The molecule has 1 aromatic carbocycles. The monoisotopic (exact) mass is 318 g/mol. The van der Waals surface area contributed by atoms with Crippen molar-refractivity contribution in [2.45, 2.75) is 29.5 Å². The molecule has 112 valence electrons. The minimum absolute atomic E-state index is 0.0798. The zero-order valence-corrected chi connectivity index (χ0v) is 12.6. The summed E-state index contributed by atoms with van der Waals surface area (Å²) in [4.78, 5) is 0.109. The topological polar surface area (TPSA) is 106 Å². The minimum Gasteiger partial charge on any atom is -0.326 e. The van der Waals surface area contributed by atoms with E-state index in [1.165, 1.54) is 6.07 Å². The smallest absolute Gasteiger partial charge is 0.240 e. The Balaban J connectivity index is 2.16. The largest absolute Gasteiger partial charge is 0.326 e. The summed E-state index contributed by atoms with van der Waals surface area (Å²) < 4.78 is 50.2. The molecule has 0 amide bonds. The van der Waals surface area contributed by atoms with Gasteiger partial charge < -0.3 is 5.73 Å². The van der Waals surface area contributed by atoms with Crippen molar-refractivity contribution in [1.82, 2.24) is 4.72 Å². The number of nitrogens with two attached hydrogens (primary N) is 1. The average Bonchev–Trinajstić information content (AvgIpc) is 2.75. The predicted molar refractivity (Wildman–Crippen MR) is 76.3 cm³/mol. The maximum atomic E-state index is 12.2. The Labute approximate surface area is 119 Å². The van der Waals surface area contributed by atoms with Gasteiger partial charge in [0.1, 0.15) is 0 Å². The minimum atomic E-state index is -3.74. The van der Waals surface area contributed by atoms with Crippen LogP contribution in [0.3, 0.4) is 0 Å². The summed E-state index contributed by atoms with van der Waals surface area (Å²) >= 11 is 0. The maximum Gasteiger partial charge on any atom is 0.240 e. The Kier molecular flexibility index (Phi) is 4.48. The Morgan fingerprint density at radius 2 is 2.00 bits per heavy atom. The second-order valence-corrected chi connectivity index (χ2v) is 8.93. The lowest BCUT2D eigenvalue weighted by Crippen LogP contribution is -2.35. The zero-order valence-electron chi connectivity index (χ0n) is 10.9. The van der Waals surface area contributed by atoms with Gasteiger partial charge in [0.15, 0.2) is 9.84 Å². The van der Waals surface area contributed by atoms with E-state index >= 15 is 0 Å². The van der Waals surface area contributed by atoms with Crippen molar-refractivity contribution in [2.24, 2.45) is 5.73 Å². The fraction of sp³-hybridized carbons (Fsp3) is 0.500. The summed E-state index contributed by atoms with van der Waals surface area (Å²) in [5.74, 6) is 0.138. The van der Waals surface area contributed by atoms with Gasteiger partial charge in [0.2, 0.25) is 10.0 Å². The van der Waals surface area contributed by atoms with Crippen molar-refractivity contribution >= 4 is 19.9 Å². The van der Waals surface area contributed by atoms with E-state index in [0.29, 0.717) is 18.4 Å². The number of sulfone groups is 1. The molecule has 3 N–H and O–H groups in total. The molecule has 0 spiro atoms. The molecule has 1 atom stereocenters. The van der Waals surface area contributed by atoms with Crippen LogP contribution >= 0.6 is 0 Å². The summed E-state index contributed by atoms with van der Waals surface area (Å²) in [6.07, 6.45) is 1.09. The first-order chi connectivity index (χ1) is 9.37. The SMILES string of the molecule is NCc1ccccc1S(=O)(=O)NCC1CCCS1(=O)=O. The summed E-state index contributed by atoms with van der Waals surface area (Å²) in [5, 5.41) is -0.623. The lowest BCUT2D eigenvalue weighted by molar-refractivity contribution is 0.570. The van der Waals surface area contributed by atoms with Crippen LogP contribution < -0.4 is 10.5 Å². The molecule has 1 saturated heterocycles. The molecule has 1 aromatic rings. The number of nitrogens with one attached hydrogen (secondary N) is 1. The van der Waals surface area contributed by atoms with Crippen molar-refractivity contribution < 1.29 is 16.8 Å². The molecule has 1 heterocycles. The zero-order chi connectivity index (χ0) is 14.8. The van der Waals surface area contributed by atoms with E-state index in [4.69, 9.17) is 5.73 Å². The highest BCUT2D eigenvalue weighted by molar-refractivity contribution is 7.92. The summed E-state index contributed by atoms with van der Waals surface area (Å²) in [7, 11) is -6.89. The van der Waals surface area contributed by atoms with Gasteiger partial charge in [0, 0.05) is 13.1 Å². The van der Waals surface area contributed by atoms with Crippen LogP contribution in [0.4, 0.5) is 0 Å². The third-order valence-corrected chi connectivity index (χ3v) is 7.25. The molecule has 0 aliphatic carbocycles. The fourth-order valence-electron chi connectivity index (χ4n) is 2.30. The maximum absolute atomic E-state index is 12.2. The van der Waals surface area contributed by atoms with Gasteiger partial charge in [0.25, 0.3) is 0 Å². The Hall–Kier alpha value is -0.960. The van der Waals surface area contributed by atoms with Gasteiger partial charge >= 0.3 is 0 Å². The highest BCUT2D eigenvalue weighted by atomic mass is 32.2. The number of rotatable bonds is 5. The Morgan fingerprint density at radius 3 is 2.60 bits per heavy atom. The van der Waals surface area contributed by atoms with Crippen molar-refractivity contribution in [3.8, 4) is 0 Å². The van der Waals surface area contributed by atoms with Gasteiger partial charge in [-0.25, -0.2) is 21.6 Å². The molecule has 0 saturated carbocycles. The van der Waals surface area contributed by atoms with Crippen LogP contribution in [0.5, 0.6) is 0 Å². The molecular weight excluding hydrogens is 300 g/mol. The van der Waals surface area contributed by atoms with Crippen molar-refractivity contribution in [2.75, 3.05) is 12.3 Å². The fourth-order valence-corrected chi connectivity index (χ4v) is 5.50. The van der Waals surface area contributed by atoms with Crippen molar-refractivity contribution in [3.63, 3.8) is 0 Å². The van der Waals surface area contributed by atoms with E-state index in [1.807, 2.05) is 0 Å². The third kappa shape index (κ3) is 3.20. The highest BCUT2D eigenvalue weighted by Gasteiger charge is 2.32. The first kappa shape index (κ1) is 15.4. The first-order valence-electron chi connectivity index (χ1n) is 6.36. The van der Waals surface area contributed by atoms with Crippen molar-refractivity contribution in [1.29, 1.82) is 0 Å². The number of benzene rings is 1. The van der Waals surface area contributed by atoms with E-state index in [2.05, 4.69) is 4.72 Å². The van der Waals surface area contributed by atoms with E-state index in [-0.39, 0.29) is 23.7 Å². The van der Waals surface area contributed by atoms with Crippen LogP contribution in [0.1, 0.15) is 18.4 Å². The molecular formula is C12H18N2O4S2. The third-order valence-electron chi connectivity index (χ3n) is 3.45. The van der Waals surface area contributed by atoms with Crippen LogP contribution in [0, 0.1) is 0 Å². The molecule has 0 bridgehead atoms. The van der Waals surface area contributed by atoms with Gasteiger partial charge in [-0.2, -0.15) is 0 Å². The van der Waals surface area contributed by atoms with Crippen molar-refractivity contribution in [3.05, 3.63) is 29.8 Å². The number of hydrogen-bond acceptors (Lipinski definition) is 5. The number of hydrogen-bond donors (Lipinski definition) is 2. The molecule has 1 aliphatic rings. The van der Waals surface area contributed by atoms with E-state index in [1.54, 1.807) is 18.2 Å². The Morgan fingerprint density at radius 1 is 1.30 bits per heavy atom. The van der Waals surface area contributed by atoms with Crippen LogP contribution in [0.15, 0.2) is 29.2 Å². The second kappa shape index (κ2) is 5.80. The summed E-state index contributed by atoms with van der Waals surface area (Å²) in [6, 6.07) is 6.43. The predicted octanol–water partition coefficient (Wildman–Crippen LogP) is 0.000800. The normalized spacial score (nSPS) is 21.9. The standard InChI is InChI=1S/C12H18N2O4S2/c13-8-10-4-1-2-6-12(10)20(17,18)14-9-11-5-3-7-19(11,15)16/h1-2,4,6,11,14H,3,5,7-9,13H2. The van der Waals surface area contributed by atoms with Gasteiger partial charge in [0.05, 0.1) is 15.9 Å². The van der Waals surface area contributed by atoms with Gasteiger partial charge in [-0.15, -0.1) is 0 Å². The lowest BCUT2D eigenvalue weighted by atomic mass is 10.2. The quantitative estimate of drug-likeness (QED) is 0.795. The highest BCUT2D eigenvalue weighted by Crippen LogP contribution is 2.20. The Bertz CT molecular complexity index is 683. The molecule has 6 nitrogen and oxygen atoms in total.